The molecule has 1 N–H and O–H groups in total. The number of aromatic nitrogens is 2. The second-order valence-corrected chi connectivity index (χ2v) is 6.17. The molecule has 0 aliphatic carbocycles. The highest BCUT2D eigenvalue weighted by atomic mass is 32.1. The van der Waals surface area contributed by atoms with Gasteiger partial charge in [-0.2, -0.15) is 0 Å². The molecule has 2 aromatic rings. The molecule has 0 aromatic carbocycles. The summed E-state index contributed by atoms with van der Waals surface area (Å²) in [6.07, 6.45) is 1.65. The predicted molar refractivity (Wildman–Crippen MR) is 79.5 cm³/mol. The molecule has 3 rings (SSSR count). The highest BCUT2D eigenvalue weighted by Crippen LogP contribution is 2.33. The number of thiophene rings is 1. The fraction of sp³-hybridized carbons (Fsp3) is 0.500. The summed E-state index contributed by atoms with van der Waals surface area (Å²) in [5.74, 6) is 0.635. The molecule has 0 bridgehead atoms. The Labute approximate surface area is 121 Å². The molecule has 6 heteroatoms. The molecular formula is C14H17N3O2S. The van der Waals surface area contributed by atoms with Gasteiger partial charge in [0.05, 0.1) is 11.3 Å². The molecule has 1 aliphatic rings. The molecule has 106 valence electrons. The molecule has 0 radical (unpaired) electrons. The SMILES string of the molecule is Cc1nc(N2CCCC(C(=O)O)C2)c2c(C)csc2n1. The van der Waals surface area contributed by atoms with Gasteiger partial charge in [0.1, 0.15) is 16.5 Å². The van der Waals surface area contributed by atoms with E-state index in [9.17, 15) is 9.90 Å². The number of aryl methyl sites for hydroxylation is 2. The Balaban J connectivity index is 2.04. The summed E-state index contributed by atoms with van der Waals surface area (Å²) in [7, 11) is 0. The van der Waals surface area contributed by atoms with Gasteiger partial charge in [-0.3, -0.25) is 4.79 Å². The summed E-state index contributed by atoms with van der Waals surface area (Å²) in [5.41, 5.74) is 1.16. The first kappa shape index (κ1) is 13.3. The lowest BCUT2D eigenvalue weighted by Crippen LogP contribution is -2.39. The summed E-state index contributed by atoms with van der Waals surface area (Å²) >= 11 is 1.62. The molecule has 20 heavy (non-hydrogen) atoms. The quantitative estimate of drug-likeness (QED) is 0.921. The normalized spacial score (nSPS) is 19.5. The highest BCUT2D eigenvalue weighted by molar-refractivity contribution is 7.17. The standard InChI is InChI=1S/C14H17N3O2S/c1-8-7-20-13-11(8)12(15-9(2)16-13)17-5-3-4-10(6-17)14(18)19/h7,10H,3-6H2,1-2H3,(H,18,19). The number of nitrogens with zero attached hydrogens (tertiary/aromatic N) is 3. The highest BCUT2D eigenvalue weighted by Gasteiger charge is 2.27. The number of anilines is 1. The Morgan fingerprint density at radius 1 is 1.45 bits per heavy atom. The number of rotatable bonds is 2. The first-order valence-electron chi connectivity index (χ1n) is 6.76. The zero-order chi connectivity index (χ0) is 14.3. The van der Waals surface area contributed by atoms with E-state index in [4.69, 9.17) is 0 Å². The minimum absolute atomic E-state index is 0.298. The van der Waals surface area contributed by atoms with Gasteiger partial charge in [-0.05, 0) is 37.6 Å². The van der Waals surface area contributed by atoms with Crippen LogP contribution in [-0.2, 0) is 4.79 Å². The van der Waals surface area contributed by atoms with Crippen LogP contribution in [0.4, 0.5) is 5.82 Å². The molecule has 0 amide bonds. The molecule has 1 fully saturated rings. The van der Waals surface area contributed by atoms with E-state index in [-0.39, 0.29) is 5.92 Å². The molecule has 3 heterocycles. The Morgan fingerprint density at radius 3 is 3.00 bits per heavy atom. The van der Waals surface area contributed by atoms with Gasteiger partial charge in [0.2, 0.25) is 0 Å². The Morgan fingerprint density at radius 2 is 2.25 bits per heavy atom. The number of piperidine rings is 1. The average Bonchev–Trinajstić information content (AvgIpc) is 2.79. The van der Waals surface area contributed by atoms with E-state index in [1.54, 1.807) is 11.3 Å². The molecule has 1 unspecified atom stereocenters. The van der Waals surface area contributed by atoms with Gasteiger partial charge in [0, 0.05) is 13.1 Å². The number of aliphatic carboxylic acids is 1. The third kappa shape index (κ3) is 2.24. The lowest BCUT2D eigenvalue weighted by molar-refractivity contribution is -0.141. The van der Waals surface area contributed by atoms with E-state index in [2.05, 4.69) is 27.2 Å². The Hall–Kier alpha value is -1.69. The number of carbonyl (C=O) groups is 1. The number of hydrogen-bond donors (Lipinski definition) is 1. The van der Waals surface area contributed by atoms with E-state index < -0.39 is 5.97 Å². The van der Waals surface area contributed by atoms with E-state index in [1.165, 1.54) is 0 Å². The monoisotopic (exact) mass is 291 g/mol. The summed E-state index contributed by atoms with van der Waals surface area (Å²) in [6.45, 7) is 5.34. The van der Waals surface area contributed by atoms with Crippen LogP contribution in [0.25, 0.3) is 10.2 Å². The van der Waals surface area contributed by atoms with E-state index >= 15 is 0 Å². The van der Waals surface area contributed by atoms with Gasteiger partial charge >= 0.3 is 5.97 Å². The fourth-order valence-electron chi connectivity index (χ4n) is 2.77. The molecular weight excluding hydrogens is 274 g/mol. The first-order valence-corrected chi connectivity index (χ1v) is 7.64. The molecule has 0 spiro atoms. The van der Waals surface area contributed by atoms with Crippen LogP contribution in [0.1, 0.15) is 24.2 Å². The lowest BCUT2D eigenvalue weighted by atomic mass is 9.98. The minimum atomic E-state index is -0.709. The molecule has 2 aromatic heterocycles. The van der Waals surface area contributed by atoms with Gasteiger partial charge in [0.25, 0.3) is 0 Å². The maximum absolute atomic E-state index is 11.2. The number of hydrogen-bond acceptors (Lipinski definition) is 5. The largest absolute Gasteiger partial charge is 0.481 e. The number of fused-ring (bicyclic) bond motifs is 1. The van der Waals surface area contributed by atoms with Gasteiger partial charge in [0.15, 0.2) is 0 Å². The van der Waals surface area contributed by atoms with Crippen LogP contribution in [0.2, 0.25) is 0 Å². The van der Waals surface area contributed by atoms with Crippen LogP contribution in [0.15, 0.2) is 5.38 Å². The van der Waals surface area contributed by atoms with Crippen molar-refractivity contribution in [3.8, 4) is 0 Å². The summed E-state index contributed by atoms with van der Waals surface area (Å²) in [6, 6.07) is 0. The second-order valence-electron chi connectivity index (χ2n) is 5.32. The van der Waals surface area contributed by atoms with E-state index in [0.29, 0.717) is 6.54 Å². The summed E-state index contributed by atoms with van der Waals surface area (Å²) in [4.78, 5) is 23.4. The predicted octanol–water partition coefficient (Wildman–Crippen LogP) is 2.61. The smallest absolute Gasteiger partial charge is 0.308 e. The first-order chi connectivity index (χ1) is 9.56. The van der Waals surface area contributed by atoms with Crippen molar-refractivity contribution < 1.29 is 9.90 Å². The van der Waals surface area contributed by atoms with Crippen LogP contribution in [0.3, 0.4) is 0 Å². The van der Waals surface area contributed by atoms with Crippen molar-refractivity contribution in [2.75, 3.05) is 18.0 Å². The van der Waals surface area contributed by atoms with Crippen LogP contribution < -0.4 is 4.90 Å². The topological polar surface area (TPSA) is 66.3 Å². The van der Waals surface area contributed by atoms with Crippen LogP contribution in [0, 0.1) is 19.8 Å². The Bertz CT molecular complexity index is 668. The van der Waals surface area contributed by atoms with Crippen LogP contribution in [-0.4, -0.2) is 34.1 Å². The van der Waals surface area contributed by atoms with Crippen molar-refractivity contribution in [1.82, 2.24) is 9.97 Å². The van der Waals surface area contributed by atoms with Crippen LogP contribution in [0.5, 0.6) is 0 Å². The van der Waals surface area contributed by atoms with Gasteiger partial charge in [-0.15, -0.1) is 11.3 Å². The van der Waals surface area contributed by atoms with Crippen molar-refractivity contribution in [2.45, 2.75) is 26.7 Å². The van der Waals surface area contributed by atoms with Gasteiger partial charge < -0.3 is 10.0 Å². The third-order valence-corrected chi connectivity index (χ3v) is 4.77. The minimum Gasteiger partial charge on any atom is -0.481 e. The lowest BCUT2D eigenvalue weighted by Gasteiger charge is -2.32. The fourth-order valence-corrected chi connectivity index (χ4v) is 3.73. The van der Waals surface area contributed by atoms with Gasteiger partial charge in [-0.25, -0.2) is 9.97 Å². The molecule has 1 aliphatic heterocycles. The summed E-state index contributed by atoms with van der Waals surface area (Å²) in [5, 5.41) is 12.4. The van der Waals surface area contributed by atoms with Crippen molar-refractivity contribution in [2.24, 2.45) is 5.92 Å². The van der Waals surface area contributed by atoms with Gasteiger partial charge in [-0.1, -0.05) is 0 Å². The van der Waals surface area contributed by atoms with Crippen molar-refractivity contribution in [1.29, 1.82) is 0 Å². The summed E-state index contributed by atoms with van der Waals surface area (Å²) < 4.78 is 0. The molecule has 5 nitrogen and oxygen atoms in total. The molecule has 0 saturated carbocycles. The van der Waals surface area contributed by atoms with Crippen molar-refractivity contribution in [3.05, 3.63) is 16.8 Å². The average molecular weight is 291 g/mol. The third-order valence-electron chi connectivity index (χ3n) is 3.78. The Kier molecular flexibility index (Phi) is 3.33. The van der Waals surface area contributed by atoms with Crippen molar-refractivity contribution in [3.63, 3.8) is 0 Å². The zero-order valence-electron chi connectivity index (χ0n) is 11.6. The maximum atomic E-state index is 11.2. The van der Waals surface area contributed by atoms with E-state index in [0.717, 1.165) is 46.8 Å². The molecule has 1 saturated heterocycles. The number of carboxylic acids is 1. The zero-order valence-corrected chi connectivity index (χ0v) is 12.4. The molecule has 1 atom stereocenters. The number of carboxylic acid groups (broad SMARTS) is 1. The second kappa shape index (κ2) is 5.01. The van der Waals surface area contributed by atoms with Crippen molar-refractivity contribution >= 4 is 33.3 Å². The van der Waals surface area contributed by atoms with Crippen LogP contribution >= 0.6 is 11.3 Å². The maximum Gasteiger partial charge on any atom is 0.308 e. The van der Waals surface area contributed by atoms with E-state index in [1.807, 2.05) is 6.92 Å².